The molecular weight excluding hydrogens is 414 g/mol. The van der Waals surface area contributed by atoms with E-state index in [1.165, 1.54) is 31.3 Å². The van der Waals surface area contributed by atoms with Crippen LogP contribution >= 0.6 is 0 Å². The number of benzene rings is 1. The molecule has 0 bridgehead atoms. The third kappa shape index (κ3) is 3.36. The molecule has 2 fully saturated rings. The second kappa shape index (κ2) is 7.46. The highest BCUT2D eigenvalue weighted by Crippen LogP contribution is 2.38. The molecule has 1 aromatic carbocycles. The van der Waals surface area contributed by atoms with E-state index in [-0.39, 0.29) is 33.8 Å². The second-order valence-electron chi connectivity index (χ2n) is 7.50. The summed E-state index contributed by atoms with van der Waals surface area (Å²) in [6, 6.07) is 2.54. The summed E-state index contributed by atoms with van der Waals surface area (Å²) in [4.78, 5) is 40.6. The van der Waals surface area contributed by atoms with E-state index >= 15 is 0 Å². The quantitative estimate of drug-likeness (QED) is 0.634. The van der Waals surface area contributed by atoms with Gasteiger partial charge in [-0.15, -0.1) is 0 Å². The Morgan fingerprint density at radius 2 is 1.57 bits per heavy atom. The van der Waals surface area contributed by atoms with Gasteiger partial charge >= 0.3 is 0 Å². The Balaban J connectivity index is 1.47. The second-order valence-corrected chi connectivity index (χ2v) is 9.33. The summed E-state index contributed by atoms with van der Waals surface area (Å²) in [5, 5.41) is 0. The van der Waals surface area contributed by atoms with Gasteiger partial charge in [0.05, 0.1) is 19.8 Å². The topological polar surface area (TPSA) is 114 Å². The molecular formula is C19H23N3O7S. The number of piperazine rings is 1. The number of sulfonamides is 1. The van der Waals surface area contributed by atoms with E-state index in [1.807, 2.05) is 0 Å². The Kier molecular flexibility index (Phi) is 5.08. The van der Waals surface area contributed by atoms with Crippen molar-refractivity contribution in [2.45, 2.75) is 17.7 Å². The van der Waals surface area contributed by atoms with Gasteiger partial charge < -0.3 is 19.3 Å². The van der Waals surface area contributed by atoms with Crippen LogP contribution in [0.2, 0.25) is 0 Å². The predicted molar refractivity (Wildman–Crippen MR) is 104 cm³/mol. The van der Waals surface area contributed by atoms with E-state index in [2.05, 4.69) is 0 Å². The molecule has 0 spiro atoms. The first-order chi connectivity index (χ1) is 14.3. The summed E-state index contributed by atoms with van der Waals surface area (Å²) in [5.74, 6) is -0.606. The van der Waals surface area contributed by atoms with Gasteiger partial charge in [0, 0.05) is 38.2 Å². The van der Waals surface area contributed by atoms with Crippen molar-refractivity contribution in [2.75, 3.05) is 46.9 Å². The molecule has 0 radical (unpaired) electrons. The number of rotatable bonds is 5. The third-order valence-corrected chi connectivity index (χ3v) is 7.43. The van der Waals surface area contributed by atoms with Crippen LogP contribution in [0.15, 0.2) is 17.0 Å². The van der Waals surface area contributed by atoms with Gasteiger partial charge in [0.25, 0.3) is 15.9 Å². The first-order valence-corrected chi connectivity index (χ1v) is 11.1. The minimum absolute atomic E-state index is 0.0553. The Morgan fingerprint density at radius 3 is 2.13 bits per heavy atom. The zero-order valence-corrected chi connectivity index (χ0v) is 17.6. The number of hydrogen-bond acceptors (Lipinski definition) is 7. The van der Waals surface area contributed by atoms with Gasteiger partial charge in [-0.3, -0.25) is 14.4 Å². The van der Waals surface area contributed by atoms with Gasteiger partial charge in [-0.05, 0) is 18.9 Å². The maximum Gasteiger partial charge on any atom is 0.269 e. The Hall–Kier alpha value is -2.82. The SMILES string of the molecule is COc1cc2c(cc1OC)S(=O)(=O)N(CC(=O)N1CCN(C(=O)C3CC3)CC1)C2=O. The number of ether oxygens (including phenoxy) is 2. The average Bonchev–Trinajstić information content (AvgIpc) is 3.58. The van der Waals surface area contributed by atoms with Gasteiger partial charge in [-0.25, -0.2) is 12.7 Å². The van der Waals surface area contributed by atoms with Crippen molar-refractivity contribution in [3.05, 3.63) is 17.7 Å². The minimum Gasteiger partial charge on any atom is -0.493 e. The first-order valence-electron chi connectivity index (χ1n) is 9.67. The van der Waals surface area contributed by atoms with Gasteiger partial charge in [0.15, 0.2) is 11.5 Å². The van der Waals surface area contributed by atoms with Crippen LogP contribution in [0.25, 0.3) is 0 Å². The maximum absolute atomic E-state index is 12.9. The Labute approximate surface area is 174 Å². The molecule has 1 saturated heterocycles. The summed E-state index contributed by atoms with van der Waals surface area (Å²) in [6.07, 6.45) is 1.84. The van der Waals surface area contributed by atoms with Crippen LogP contribution in [0.3, 0.4) is 0 Å². The molecule has 1 saturated carbocycles. The highest BCUT2D eigenvalue weighted by Gasteiger charge is 2.44. The molecule has 2 aliphatic heterocycles. The molecule has 0 unspecified atom stereocenters. The van der Waals surface area contributed by atoms with Crippen LogP contribution in [0.4, 0.5) is 0 Å². The monoisotopic (exact) mass is 437 g/mol. The Morgan fingerprint density at radius 1 is 1.00 bits per heavy atom. The standard InChI is InChI=1S/C19H23N3O7S/c1-28-14-9-13-16(10-15(14)29-2)30(26,27)22(19(13)25)11-17(23)20-5-7-21(8-6-20)18(24)12-3-4-12/h9-10,12H,3-8,11H2,1-2H3. The van der Waals surface area contributed by atoms with Crippen molar-refractivity contribution >= 4 is 27.7 Å². The normalized spacial score (nSPS) is 20.2. The van der Waals surface area contributed by atoms with Crippen LogP contribution in [-0.4, -0.2) is 87.2 Å². The van der Waals surface area contributed by atoms with Gasteiger partial charge in [-0.1, -0.05) is 0 Å². The van der Waals surface area contributed by atoms with Crippen molar-refractivity contribution in [3.63, 3.8) is 0 Å². The molecule has 162 valence electrons. The maximum atomic E-state index is 12.9. The average molecular weight is 437 g/mol. The molecule has 3 aliphatic rings. The van der Waals surface area contributed by atoms with E-state index in [0.29, 0.717) is 30.5 Å². The lowest BCUT2D eigenvalue weighted by molar-refractivity contribution is -0.140. The van der Waals surface area contributed by atoms with E-state index in [1.54, 1.807) is 4.90 Å². The molecule has 30 heavy (non-hydrogen) atoms. The fourth-order valence-corrected chi connectivity index (χ4v) is 5.26. The fourth-order valence-electron chi connectivity index (χ4n) is 3.75. The lowest BCUT2D eigenvalue weighted by atomic mass is 10.2. The Bertz CT molecular complexity index is 1010. The van der Waals surface area contributed by atoms with Crippen LogP contribution in [0.5, 0.6) is 11.5 Å². The number of nitrogens with zero attached hydrogens (tertiary/aromatic N) is 3. The van der Waals surface area contributed by atoms with Crippen molar-refractivity contribution in [2.24, 2.45) is 5.92 Å². The summed E-state index contributed by atoms with van der Waals surface area (Å²) >= 11 is 0. The predicted octanol–water partition coefficient (Wildman–Crippen LogP) is -0.0709. The lowest BCUT2D eigenvalue weighted by Gasteiger charge is -2.35. The lowest BCUT2D eigenvalue weighted by Crippen LogP contribution is -2.53. The summed E-state index contributed by atoms with van der Waals surface area (Å²) in [7, 11) is -1.43. The number of amides is 3. The van der Waals surface area contributed by atoms with Crippen molar-refractivity contribution in [1.82, 2.24) is 14.1 Å². The van der Waals surface area contributed by atoms with E-state index in [9.17, 15) is 22.8 Å². The summed E-state index contributed by atoms with van der Waals surface area (Å²) in [6.45, 7) is 0.867. The smallest absolute Gasteiger partial charge is 0.269 e. The minimum atomic E-state index is -4.18. The highest BCUT2D eigenvalue weighted by molar-refractivity contribution is 7.90. The molecule has 2 heterocycles. The fraction of sp³-hybridized carbons (Fsp3) is 0.526. The molecule has 3 amide bonds. The van der Waals surface area contributed by atoms with Gasteiger partial charge in [0.1, 0.15) is 11.4 Å². The van der Waals surface area contributed by atoms with E-state index < -0.39 is 28.4 Å². The van der Waals surface area contributed by atoms with Crippen molar-refractivity contribution < 1.29 is 32.3 Å². The van der Waals surface area contributed by atoms with Crippen LogP contribution < -0.4 is 9.47 Å². The highest BCUT2D eigenvalue weighted by atomic mass is 32.2. The van der Waals surface area contributed by atoms with Crippen molar-refractivity contribution in [3.8, 4) is 11.5 Å². The molecule has 11 heteroatoms. The molecule has 0 N–H and O–H groups in total. The summed E-state index contributed by atoms with van der Waals surface area (Å²) in [5.41, 5.74) is -0.0553. The number of hydrogen-bond donors (Lipinski definition) is 0. The first kappa shape index (κ1) is 20.5. The molecule has 1 aromatic rings. The van der Waals surface area contributed by atoms with E-state index in [0.717, 1.165) is 12.8 Å². The summed E-state index contributed by atoms with van der Waals surface area (Å²) < 4.78 is 36.6. The number of carbonyl (C=O) groups is 3. The van der Waals surface area contributed by atoms with Crippen LogP contribution in [0, 0.1) is 5.92 Å². The largest absolute Gasteiger partial charge is 0.493 e. The zero-order chi connectivity index (χ0) is 21.6. The number of carbonyl (C=O) groups excluding carboxylic acids is 3. The third-order valence-electron chi connectivity index (χ3n) is 5.66. The molecule has 4 rings (SSSR count). The van der Waals surface area contributed by atoms with E-state index in [4.69, 9.17) is 9.47 Å². The van der Waals surface area contributed by atoms with Crippen LogP contribution in [-0.2, 0) is 19.6 Å². The molecule has 10 nitrogen and oxygen atoms in total. The molecule has 0 atom stereocenters. The zero-order valence-electron chi connectivity index (χ0n) is 16.8. The van der Waals surface area contributed by atoms with Crippen LogP contribution in [0.1, 0.15) is 23.2 Å². The van der Waals surface area contributed by atoms with Gasteiger partial charge in [-0.2, -0.15) is 0 Å². The molecule has 1 aliphatic carbocycles. The van der Waals surface area contributed by atoms with Gasteiger partial charge in [0.2, 0.25) is 11.8 Å². The molecule has 0 aromatic heterocycles. The number of methoxy groups -OCH3 is 2. The number of fused-ring (bicyclic) bond motifs is 1. The van der Waals surface area contributed by atoms with Crippen molar-refractivity contribution in [1.29, 1.82) is 0 Å².